The monoisotopic (exact) mass is 1180 g/mol. The Bertz CT molecular complexity index is 3070. The number of nitrogens with zero attached hydrogens (tertiary/aromatic N) is 5. The highest BCUT2D eigenvalue weighted by molar-refractivity contribution is 6.00. The fraction of sp³-hybridized carbons (Fsp3) is 0.534. The molecule has 5 rings (SSSR count). The molecule has 11 amide bonds. The van der Waals surface area contributed by atoms with Crippen LogP contribution < -0.4 is 53.2 Å². The van der Waals surface area contributed by atoms with Gasteiger partial charge in [-0.3, -0.25) is 62.7 Å². The first kappa shape index (κ1) is 67.0. The molecular weight excluding hydrogens is 1100 g/mol. The van der Waals surface area contributed by atoms with Crippen molar-refractivity contribution in [3.05, 3.63) is 72.3 Å². The summed E-state index contributed by atoms with van der Waals surface area (Å²) in [4.78, 5) is 167. The number of hydrogen-bond donors (Lipinski definition) is 11. The third kappa shape index (κ3) is 18.6. The van der Waals surface area contributed by atoms with Crippen LogP contribution in [-0.4, -0.2) is 176 Å². The Morgan fingerprint density at radius 2 is 0.941 bits per heavy atom. The van der Waals surface area contributed by atoms with E-state index in [1.54, 1.807) is 112 Å². The van der Waals surface area contributed by atoms with Gasteiger partial charge in [-0.05, 0) is 73.6 Å². The van der Waals surface area contributed by atoms with E-state index in [2.05, 4.69) is 73.1 Å². The Morgan fingerprint density at radius 1 is 0.506 bits per heavy atom. The summed E-state index contributed by atoms with van der Waals surface area (Å²) in [5.74, 6) is -9.43. The molecule has 0 radical (unpaired) electrons. The van der Waals surface area contributed by atoms with Gasteiger partial charge in [-0.25, -0.2) is 9.97 Å². The van der Waals surface area contributed by atoms with Crippen LogP contribution in [0.1, 0.15) is 116 Å². The van der Waals surface area contributed by atoms with Crippen LogP contribution in [0.3, 0.4) is 0 Å². The molecule has 11 N–H and O–H groups in total. The Morgan fingerprint density at radius 3 is 1.46 bits per heavy atom. The van der Waals surface area contributed by atoms with Crippen LogP contribution >= 0.6 is 0 Å². The summed E-state index contributed by atoms with van der Waals surface area (Å²) in [6, 6.07) is 4.57. The topological polar surface area (TPSA) is 383 Å². The van der Waals surface area contributed by atoms with Crippen molar-refractivity contribution in [2.45, 2.75) is 143 Å². The van der Waals surface area contributed by atoms with Crippen LogP contribution in [-0.2, 0) is 43.2 Å². The van der Waals surface area contributed by atoms with Gasteiger partial charge in [0, 0.05) is 19.6 Å². The molecule has 0 spiro atoms. The van der Waals surface area contributed by atoms with Crippen molar-refractivity contribution in [3.63, 3.8) is 0 Å². The SMILES string of the molecule is CC[C@H](NC(=O)[C@H](CO)NC(=O)c1cnc2ccccc2n1)C(=O)N[C@H](C(=O)N[C@H](C(=O)N1CCC[C@H]1C(=O)NCC(=O)N[C@H](C(=O)N[C@H](C(=O)N[C@@H](CC)C(=O)NCCNC(=O)c1cnc2ccccc2n1)C(C)C)C(C)C)C(C)C)C(C)C. The second-order valence-electron chi connectivity index (χ2n) is 22.1. The number of amides is 11. The maximum atomic E-state index is 14.3. The molecule has 2 aromatic heterocycles. The average molecular weight is 1180 g/mol. The molecule has 0 unspecified atom stereocenters. The molecule has 27 nitrogen and oxygen atoms in total. The summed E-state index contributed by atoms with van der Waals surface area (Å²) in [7, 11) is 0. The van der Waals surface area contributed by atoms with Crippen molar-refractivity contribution in [1.29, 1.82) is 0 Å². The second-order valence-corrected chi connectivity index (χ2v) is 22.1. The van der Waals surface area contributed by atoms with Crippen LogP contribution in [0, 0.1) is 23.7 Å². The minimum absolute atomic E-state index is 0.0387. The Labute approximate surface area is 493 Å². The van der Waals surface area contributed by atoms with E-state index in [9.17, 15) is 57.8 Å². The minimum Gasteiger partial charge on any atom is -0.394 e. The van der Waals surface area contributed by atoms with Gasteiger partial charge >= 0.3 is 0 Å². The predicted molar refractivity (Wildman–Crippen MR) is 312 cm³/mol. The molecule has 0 bridgehead atoms. The number of benzene rings is 2. The van der Waals surface area contributed by atoms with Gasteiger partial charge in [-0.15, -0.1) is 0 Å². The third-order valence-electron chi connectivity index (χ3n) is 14.2. The Kier molecular flexibility index (Phi) is 25.1. The van der Waals surface area contributed by atoms with Crippen molar-refractivity contribution in [2.75, 3.05) is 32.8 Å². The van der Waals surface area contributed by atoms with Crippen molar-refractivity contribution >= 4 is 87.0 Å². The maximum absolute atomic E-state index is 14.3. The van der Waals surface area contributed by atoms with E-state index in [0.29, 0.717) is 28.5 Å². The average Bonchev–Trinajstić information content (AvgIpc) is 4.10. The second kappa shape index (κ2) is 31.8. The zero-order valence-corrected chi connectivity index (χ0v) is 49.7. The van der Waals surface area contributed by atoms with Gasteiger partial charge < -0.3 is 63.2 Å². The lowest BCUT2D eigenvalue weighted by Crippen LogP contribution is -2.61. The number of hydrogen-bond acceptors (Lipinski definition) is 16. The lowest BCUT2D eigenvalue weighted by molar-refractivity contribution is -0.143. The standard InChI is InChI=1S/C58H81N15O12/c1-11-34(49(76)59-23-24-60-50(77)40-26-61-36-18-13-15-20-38(36)64-40)67-55(82)46(31(5)6)71-56(83)45(30(3)4)69-44(75)28-63-54(81)43-22-17-25-73(43)58(85)48(33(9)10)72-57(84)47(32(7)8)70-51(78)35(12-2)66-53(80)42(29-74)68-52(79)41-27-62-37-19-14-16-21-39(37)65-41/h13-16,18-21,26-27,30-35,42-43,45-48,74H,11-12,17,22-25,28-29H2,1-10H3,(H,59,76)(H,60,77)(H,63,81)(H,66,80)(H,67,82)(H,68,79)(H,69,75)(H,70,78)(H,71,83)(H,72,84)/t34-,35-,42-,43-,45-,46-,47-,48-/m0/s1. The molecule has 4 aromatic rings. The molecule has 1 fully saturated rings. The van der Waals surface area contributed by atoms with Gasteiger partial charge in [0.15, 0.2) is 0 Å². The van der Waals surface area contributed by atoms with E-state index in [0.717, 1.165) is 0 Å². The number of aliphatic hydroxyl groups excluding tert-OH is 1. The molecule has 1 aliphatic heterocycles. The summed E-state index contributed by atoms with van der Waals surface area (Å²) < 4.78 is 0. The van der Waals surface area contributed by atoms with Gasteiger partial charge in [0.1, 0.15) is 59.7 Å². The van der Waals surface area contributed by atoms with Crippen molar-refractivity contribution in [1.82, 2.24) is 78.0 Å². The summed E-state index contributed by atoms with van der Waals surface area (Å²) in [5, 5.41) is 36.4. The smallest absolute Gasteiger partial charge is 0.272 e. The molecule has 85 heavy (non-hydrogen) atoms. The zero-order valence-electron chi connectivity index (χ0n) is 49.7. The zero-order chi connectivity index (χ0) is 62.7. The number of likely N-dealkylation sites (tertiary alicyclic amines) is 1. The fourth-order valence-electron chi connectivity index (χ4n) is 9.22. The van der Waals surface area contributed by atoms with E-state index in [4.69, 9.17) is 0 Å². The van der Waals surface area contributed by atoms with E-state index in [1.807, 2.05) is 6.07 Å². The van der Waals surface area contributed by atoms with E-state index in [1.165, 1.54) is 17.3 Å². The first-order valence-corrected chi connectivity index (χ1v) is 28.7. The van der Waals surface area contributed by atoms with Crippen LogP contribution in [0.15, 0.2) is 60.9 Å². The van der Waals surface area contributed by atoms with Gasteiger partial charge in [0.05, 0.1) is 47.6 Å². The van der Waals surface area contributed by atoms with Gasteiger partial charge in [-0.1, -0.05) is 93.5 Å². The molecular formula is C58H81N15O12. The Hall–Kier alpha value is -8.75. The number of carbonyl (C=O) groups is 11. The number of rotatable bonds is 29. The summed E-state index contributed by atoms with van der Waals surface area (Å²) >= 11 is 0. The van der Waals surface area contributed by atoms with Gasteiger partial charge in [-0.2, -0.15) is 0 Å². The predicted octanol–water partition coefficient (Wildman–Crippen LogP) is -0.330. The highest BCUT2D eigenvalue weighted by Crippen LogP contribution is 2.21. The largest absolute Gasteiger partial charge is 0.394 e. The molecule has 1 aliphatic rings. The van der Waals surface area contributed by atoms with Crippen LogP contribution in [0.2, 0.25) is 0 Å². The van der Waals surface area contributed by atoms with Gasteiger partial charge in [0.25, 0.3) is 11.8 Å². The van der Waals surface area contributed by atoms with E-state index in [-0.39, 0.29) is 50.3 Å². The van der Waals surface area contributed by atoms with Crippen LogP contribution in [0.4, 0.5) is 0 Å². The van der Waals surface area contributed by atoms with Crippen LogP contribution in [0.25, 0.3) is 22.1 Å². The Balaban J connectivity index is 1.10. The molecule has 1 saturated heterocycles. The first-order chi connectivity index (χ1) is 40.4. The van der Waals surface area contributed by atoms with Crippen molar-refractivity contribution in [3.8, 4) is 0 Å². The lowest BCUT2D eigenvalue weighted by Gasteiger charge is -2.32. The van der Waals surface area contributed by atoms with Crippen molar-refractivity contribution in [2.24, 2.45) is 23.7 Å². The van der Waals surface area contributed by atoms with Gasteiger partial charge in [0.2, 0.25) is 53.2 Å². The van der Waals surface area contributed by atoms with E-state index >= 15 is 0 Å². The number of carbonyl (C=O) groups excluding carboxylic acids is 11. The lowest BCUT2D eigenvalue weighted by atomic mass is 9.98. The quantitative estimate of drug-likeness (QED) is 0.0310. The molecule has 460 valence electrons. The highest BCUT2D eigenvalue weighted by Gasteiger charge is 2.41. The number of aromatic nitrogens is 4. The summed E-state index contributed by atoms with van der Waals surface area (Å²) in [5.41, 5.74) is 2.17. The molecule has 27 heteroatoms. The number of fused-ring (bicyclic) bond motifs is 2. The van der Waals surface area contributed by atoms with Crippen LogP contribution in [0.5, 0.6) is 0 Å². The van der Waals surface area contributed by atoms with E-state index < -0.39 is 150 Å². The van der Waals surface area contributed by atoms with Crippen molar-refractivity contribution < 1.29 is 57.8 Å². The summed E-state index contributed by atoms with van der Waals surface area (Å²) in [6.45, 7) is 15.7. The minimum atomic E-state index is -1.48. The molecule has 0 saturated carbocycles. The third-order valence-corrected chi connectivity index (χ3v) is 14.2. The highest BCUT2D eigenvalue weighted by atomic mass is 16.3. The molecule has 2 aromatic carbocycles. The number of aliphatic hydroxyl groups is 1. The fourth-order valence-corrected chi connectivity index (χ4v) is 9.22. The normalized spacial score (nSPS) is 15.6. The number of nitrogens with one attached hydrogen (secondary N) is 10. The summed E-state index contributed by atoms with van der Waals surface area (Å²) in [6.07, 6.45) is 3.50. The maximum Gasteiger partial charge on any atom is 0.272 e. The molecule has 3 heterocycles. The first-order valence-electron chi connectivity index (χ1n) is 28.7. The molecule has 0 aliphatic carbocycles. The molecule has 8 atom stereocenters. The number of para-hydroxylation sites is 4.